The van der Waals surface area contributed by atoms with Crippen molar-refractivity contribution in [2.45, 2.75) is 13.8 Å². The molecule has 142 valence electrons. The van der Waals surface area contributed by atoms with Crippen molar-refractivity contribution in [2.75, 3.05) is 5.32 Å². The summed E-state index contributed by atoms with van der Waals surface area (Å²) in [5.74, 6) is -0.303. The van der Waals surface area contributed by atoms with Crippen molar-refractivity contribution in [3.8, 4) is 0 Å². The molecule has 8 nitrogen and oxygen atoms in total. The molecule has 0 aliphatic rings. The first kappa shape index (κ1) is 17.7. The number of rotatable bonds is 2. The summed E-state index contributed by atoms with van der Waals surface area (Å²) in [5, 5.41) is 4.03. The lowest BCUT2D eigenvalue weighted by Gasteiger charge is -2.09. The Morgan fingerprint density at radius 3 is 2.57 bits per heavy atom. The molecule has 3 aromatic heterocycles. The third kappa shape index (κ3) is 2.61. The maximum absolute atomic E-state index is 12.7. The number of aromatic amines is 1. The molecule has 8 heteroatoms. The zero-order valence-corrected chi connectivity index (χ0v) is 16.0. The Kier molecular flexibility index (Phi) is 3.92. The molecule has 0 saturated heterocycles. The molecular formula is C20H19N5O3. The van der Waals surface area contributed by atoms with Gasteiger partial charge in [-0.1, -0.05) is 0 Å². The summed E-state index contributed by atoms with van der Waals surface area (Å²) in [6.45, 7) is 3.99. The molecule has 0 aliphatic carbocycles. The SMILES string of the molecule is Cc1[nH]c2ccc(C(=O)Nc3cnc4c(c3)c(=O)n(C)c(=O)n4C)cc2c1C. The zero-order valence-electron chi connectivity index (χ0n) is 16.0. The highest BCUT2D eigenvalue weighted by atomic mass is 16.2. The van der Waals surface area contributed by atoms with Gasteiger partial charge in [0.25, 0.3) is 11.5 Å². The standard InChI is InChI=1S/C20H19N5O3/c1-10-11(2)22-16-6-5-12(7-14(10)16)18(26)23-13-8-15-17(21-9-13)24(3)20(28)25(4)19(15)27/h5-9,22H,1-4H3,(H,23,26). The minimum atomic E-state index is -0.457. The van der Waals surface area contributed by atoms with E-state index in [0.29, 0.717) is 11.3 Å². The predicted molar refractivity (Wildman–Crippen MR) is 108 cm³/mol. The van der Waals surface area contributed by atoms with Gasteiger partial charge in [0.1, 0.15) is 5.65 Å². The van der Waals surface area contributed by atoms with Gasteiger partial charge in [-0.15, -0.1) is 0 Å². The van der Waals surface area contributed by atoms with Gasteiger partial charge in [0.2, 0.25) is 0 Å². The molecule has 0 bridgehead atoms. The minimum absolute atomic E-state index is 0.259. The van der Waals surface area contributed by atoms with Crippen molar-refractivity contribution < 1.29 is 4.79 Å². The topological polar surface area (TPSA) is 102 Å². The highest BCUT2D eigenvalue weighted by Gasteiger charge is 2.13. The molecule has 0 spiro atoms. The fraction of sp³-hybridized carbons (Fsp3) is 0.200. The number of nitrogens with one attached hydrogen (secondary N) is 2. The minimum Gasteiger partial charge on any atom is -0.358 e. The van der Waals surface area contributed by atoms with Crippen LogP contribution >= 0.6 is 0 Å². The van der Waals surface area contributed by atoms with Gasteiger partial charge in [-0.3, -0.25) is 18.7 Å². The monoisotopic (exact) mass is 377 g/mol. The van der Waals surface area contributed by atoms with Crippen molar-refractivity contribution in [3.63, 3.8) is 0 Å². The summed E-state index contributed by atoms with van der Waals surface area (Å²) in [5.41, 5.74) is 3.38. The number of benzene rings is 1. The average molecular weight is 377 g/mol. The van der Waals surface area contributed by atoms with E-state index in [1.54, 1.807) is 13.1 Å². The molecular weight excluding hydrogens is 358 g/mol. The average Bonchev–Trinajstić information content (AvgIpc) is 2.98. The molecule has 4 rings (SSSR count). The van der Waals surface area contributed by atoms with E-state index in [0.717, 1.165) is 26.7 Å². The molecule has 3 heterocycles. The number of hydrogen-bond acceptors (Lipinski definition) is 4. The summed E-state index contributed by atoms with van der Waals surface area (Å²) in [6, 6.07) is 6.98. The summed E-state index contributed by atoms with van der Waals surface area (Å²) < 4.78 is 2.31. The molecule has 1 amide bonds. The van der Waals surface area contributed by atoms with Gasteiger partial charge in [-0.05, 0) is 43.7 Å². The van der Waals surface area contributed by atoms with Crippen molar-refractivity contribution in [1.29, 1.82) is 0 Å². The van der Waals surface area contributed by atoms with Crippen LogP contribution in [0.15, 0.2) is 40.1 Å². The van der Waals surface area contributed by atoms with Gasteiger partial charge in [-0.25, -0.2) is 9.78 Å². The molecule has 0 aliphatic heterocycles. The second-order valence-corrected chi connectivity index (χ2v) is 6.89. The van der Waals surface area contributed by atoms with Crippen LogP contribution in [0.5, 0.6) is 0 Å². The smallest absolute Gasteiger partial charge is 0.332 e. The molecule has 0 saturated carbocycles. The normalized spacial score (nSPS) is 11.3. The first-order valence-corrected chi connectivity index (χ1v) is 8.74. The van der Waals surface area contributed by atoms with Crippen molar-refractivity contribution >= 4 is 33.5 Å². The summed E-state index contributed by atoms with van der Waals surface area (Å²) in [4.78, 5) is 44.6. The van der Waals surface area contributed by atoms with E-state index >= 15 is 0 Å². The number of carbonyl (C=O) groups excluding carboxylic acids is 1. The number of fused-ring (bicyclic) bond motifs is 2. The Morgan fingerprint density at radius 2 is 1.82 bits per heavy atom. The number of aromatic nitrogens is 4. The molecule has 2 N–H and O–H groups in total. The number of anilines is 1. The van der Waals surface area contributed by atoms with E-state index in [9.17, 15) is 14.4 Å². The van der Waals surface area contributed by atoms with Crippen LogP contribution < -0.4 is 16.6 Å². The van der Waals surface area contributed by atoms with Crippen LogP contribution in [0.3, 0.4) is 0 Å². The van der Waals surface area contributed by atoms with E-state index in [1.165, 1.54) is 23.9 Å². The third-order valence-electron chi connectivity index (χ3n) is 5.12. The van der Waals surface area contributed by atoms with E-state index in [4.69, 9.17) is 0 Å². The van der Waals surface area contributed by atoms with Crippen LogP contribution in [-0.2, 0) is 14.1 Å². The van der Waals surface area contributed by atoms with E-state index in [-0.39, 0.29) is 16.9 Å². The van der Waals surface area contributed by atoms with Gasteiger partial charge in [-0.2, -0.15) is 0 Å². The number of amides is 1. The van der Waals surface area contributed by atoms with Crippen molar-refractivity contribution in [3.05, 3.63) is 68.1 Å². The van der Waals surface area contributed by atoms with Gasteiger partial charge in [0.05, 0.1) is 17.3 Å². The van der Waals surface area contributed by atoms with Gasteiger partial charge >= 0.3 is 5.69 Å². The number of aryl methyl sites for hydroxylation is 3. The molecule has 1 aromatic carbocycles. The van der Waals surface area contributed by atoms with Crippen molar-refractivity contribution in [2.24, 2.45) is 14.1 Å². The quantitative estimate of drug-likeness (QED) is 0.558. The fourth-order valence-corrected chi connectivity index (χ4v) is 3.34. The fourth-order valence-electron chi connectivity index (χ4n) is 3.34. The zero-order chi connectivity index (χ0) is 20.2. The number of H-pyrrole nitrogens is 1. The van der Waals surface area contributed by atoms with Gasteiger partial charge in [0, 0.05) is 36.3 Å². The molecule has 0 atom stereocenters. The lowest BCUT2D eigenvalue weighted by Crippen LogP contribution is -2.37. The van der Waals surface area contributed by atoms with Crippen LogP contribution in [0, 0.1) is 13.8 Å². The van der Waals surface area contributed by atoms with Crippen LogP contribution in [0.25, 0.3) is 21.9 Å². The van der Waals surface area contributed by atoms with Crippen LogP contribution in [0.1, 0.15) is 21.6 Å². The predicted octanol–water partition coefficient (Wildman–Crippen LogP) is 1.98. The summed E-state index contributed by atoms with van der Waals surface area (Å²) in [7, 11) is 2.96. The van der Waals surface area contributed by atoms with Crippen molar-refractivity contribution in [1.82, 2.24) is 19.1 Å². The number of hydrogen-bond donors (Lipinski definition) is 2. The highest BCUT2D eigenvalue weighted by Crippen LogP contribution is 2.23. The number of carbonyl (C=O) groups is 1. The molecule has 0 fully saturated rings. The summed E-state index contributed by atoms with van der Waals surface area (Å²) in [6.07, 6.45) is 1.43. The van der Waals surface area contributed by atoms with E-state index in [1.807, 2.05) is 26.0 Å². The van der Waals surface area contributed by atoms with Crippen LogP contribution in [0.4, 0.5) is 5.69 Å². The number of pyridine rings is 1. The van der Waals surface area contributed by atoms with Crippen LogP contribution in [0.2, 0.25) is 0 Å². The Hall–Kier alpha value is -3.68. The number of nitrogens with zero attached hydrogens (tertiary/aromatic N) is 3. The second kappa shape index (κ2) is 6.19. The lowest BCUT2D eigenvalue weighted by molar-refractivity contribution is 0.102. The molecule has 0 radical (unpaired) electrons. The van der Waals surface area contributed by atoms with Crippen LogP contribution in [-0.4, -0.2) is 25.0 Å². The Bertz CT molecular complexity index is 1390. The largest absolute Gasteiger partial charge is 0.358 e. The first-order chi connectivity index (χ1) is 13.3. The third-order valence-corrected chi connectivity index (χ3v) is 5.12. The Labute approximate surface area is 159 Å². The maximum Gasteiger partial charge on any atom is 0.332 e. The van der Waals surface area contributed by atoms with E-state index < -0.39 is 11.2 Å². The molecule has 28 heavy (non-hydrogen) atoms. The lowest BCUT2D eigenvalue weighted by atomic mass is 10.1. The van der Waals surface area contributed by atoms with E-state index in [2.05, 4.69) is 15.3 Å². The second-order valence-electron chi connectivity index (χ2n) is 6.89. The molecule has 0 unspecified atom stereocenters. The van der Waals surface area contributed by atoms with Gasteiger partial charge in [0.15, 0.2) is 0 Å². The Morgan fingerprint density at radius 1 is 1.07 bits per heavy atom. The summed E-state index contributed by atoms with van der Waals surface area (Å²) >= 11 is 0. The highest BCUT2D eigenvalue weighted by molar-refractivity contribution is 6.07. The van der Waals surface area contributed by atoms with Gasteiger partial charge < -0.3 is 10.3 Å². The Balaban J connectivity index is 1.74. The molecule has 4 aromatic rings. The maximum atomic E-state index is 12.7. The first-order valence-electron chi connectivity index (χ1n) is 8.74.